The first-order valence-corrected chi connectivity index (χ1v) is 6.95. The van der Waals surface area contributed by atoms with Crippen molar-refractivity contribution in [2.75, 3.05) is 6.54 Å². The van der Waals surface area contributed by atoms with Gasteiger partial charge in [-0.1, -0.05) is 19.0 Å². The first-order valence-electron chi connectivity index (χ1n) is 6.95. The summed E-state index contributed by atoms with van der Waals surface area (Å²) in [6.45, 7) is 6.84. The van der Waals surface area contributed by atoms with E-state index in [1.54, 1.807) is 0 Å². The molecule has 1 unspecified atom stereocenters. The van der Waals surface area contributed by atoms with Crippen molar-refractivity contribution in [3.8, 4) is 0 Å². The Morgan fingerprint density at radius 1 is 1.44 bits per heavy atom. The lowest BCUT2D eigenvalue weighted by Crippen LogP contribution is -2.43. The molecular weight excluding hydrogens is 228 g/mol. The van der Waals surface area contributed by atoms with Gasteiger partial charge in [-0.15, -0.1) is 0 Å². The second-order valence-electron chi connectivity index (χ2n) is 4.97. The molecule has 1 aliphatic heterocycles. The molecule has 0 saturated carbocycles. The van der Waals surface area contributed by atoms with Crippen LogP contribution in [0.4, 0.5) is 0 Å². The van der Waals surface area contributed by atoms with Crippen molar-refractivity contribution >= 4 is 5.91 Å². The van der Waals surface area contributed by atoms with Gasteiger partial charge >= 0.3 is 0 Å². The second-order valence-corrected chi connectivity index (χ2v) is 4.97. The van der Waals surface area contributed by atoms with E-state index in [0.29, 0.717) is 17.4 Å². The number of carbonyl (C=O) groups is 1. The average Bonchev–Trinajstić information content (AvgIpc) is 2.79. The number of aryl methyl sites for hydroxylation is 2. The minimum absolute atomic E-state index is 0.108. The molecule has 0 aliphatic carbocycles. The van der Waals surface area contributed by atoms with Crippen LogP contribution in [0.15, 0.2) is 4.52 Å². The van der Waals surface area contributed by atoms with E-state index < -0.39 is 0 Å². The number of nitrogens with zero attached hydrogens (tertiary/aromatic N) is 2. The molecule has 2 heterocycles. The largest absolute Gasteiger partial charge is 0.361 e. The quantitative estimate of drug-likeness (QED) is 0.828. The highest BCUT2D eigenvalue weighted by Gasteiger charge is 2.30. The number of amides is 1. The van der Waals surface area contributed by atoms with Crippen molar-refractivity contribution in [3.05, 3.63) is 17.0 Å². The molecule has 0 N–H and O–H groups in total. The highest BCUT2D eigenvalue weighted by Crippen LogP contribution is 2.24. The van der Waals surface area contributed by atoms with E-state index in [1.807, 2.05) is 18.7 Å². The Balaban J connectivity index is 2.26. The molecule has 4 nitrogen and oxygen atoms in total. The molecule has 0 bridgehead atoms. The van der Waals surface area contributed by atoms with Crippen LogP contribution in [0.3, 0.4) is 0 Å². The third-order valence-electron chi connectivity index (χ3n) is 3.84. The van der Waals surface area contributed by atoms with Gasteiger partial charge in [0.25, 0.3) is 5.91 Å². The van der Waals surface area contributed by atoms with Crippen LogP contribution in [-0.2, 0) is 6.42 Å². The molecule has 1 atom stereocenters. The van der Waals surface area contributed by atoms with Crippen molar-refractivity contribution in [3.63, 3.8) is 0 Å². The van der Waals surface area contributed by atoms with E-state index in [1.165, 1.54) is 6.42 Å². The van der Waals surface area contributed by atoms with E-state index in [0.717, 1.165) is 37.9 Å². The number of rotatable bonds is 3. The van der Waals surface area contributed by atoms with Gasteiger partial charge in [0, 0.05) is 12.6 Å². The van der Waals surface area contributed by atoms with Crippen molar-refractivity contribution < 1.29 is 9.32 Å². The lowest BCUT2D eigenvalue weighted by Gasteiger charge is -2.35. The number of hydrogen-bond donors (Lipinski definition) is 0. The van der Waals surface area contributed by atoms with Crippen LogP contribution in [0, 0.1) is 6.92 Å². The van der Waals surface area contributed by atoms with E-state index in [4.69, 9.17) is 4.52 Å². The summed E-state index contributed by atoms with van der Waals surface area (Å²) < 4.78 is 5.17. The van der Waals surface area contributed by atoms with E-state index >= 15 is 0 Å². The molecule has 0 radical (unpaired) electrons. The summed E-state index contributed by atoms with van der Waals surface area (Å²) >= 11 is 0. The summed E-state index contributed by atoms with van der Waals surface area (Å²) in [6, 6.07) is 0.380. The van der Waals surface area contributed by atoms with Crippen LogP contribution >= 0.6 is 0 Å². The predicted molar refractivity (Wildman–Crippen MR) is 69.6 cm³/mol. The minimum Gasteiger partial charge on any atom is -0.361 e. The fourth-order valence-corrected chi connectivity index (χ4v) is 2.77. The highest BCUT2D eigenvalue weighted by molar-refractivity contribution is 5.96. The number of piperidine rings is 1. The first-order chi connectivity index (χ1) is 8.69. The highest BCUT2D eigenvalue weighted by atomic mass is 16.5. The first kappa shape index (κ1) is 13.1. The molecule has 1 aromatic rings. The Bertz CT molecular complexity index is 425. The monoisotopic (exact) mass is 250 g/mol. The van der Waals surface area contributed by atoms with Crippen molar-refractivity contribution in [2.45, 2.75) is 58.9 Å². The van der Waals surface area contributed by atoms with E-state index in [-0.39, 0.29) is 5.91 Å². The molecule has 4 heteroatoms. The molecule has 1 saturated heterocycles. The van der Waals surface area contributed by atoms with Gasteiger partial charge < -0.3 is 9.42 Å². The van der Waals surface area contributed by atoms with E-state index in [9.17, 15) is 4.79 Å². The summed E-state index contributed by atoms with van der Waals surface area (Å²) in [7, 11) is 0. The van der Waals surface area contributed by atoms with Crippen LogP contribution in [0.5, 0.6) is 0 Å². The molecule has 1 aliphatic rings. The third-order valence-corrected chi connectivity index (χ3v) is 3.84. The average molecular weight is 250 g/mol. The van der Waals surface area contributed by atoms with Crippen molar-refractivity contribution in [2.24, 2.45) is 0 Å². The van der Waals surface area contributed by atoms with Gasteiger partial charge in [-0.2, -0.15) is 0 Å². The van der Waals surface area contributed by atoms with Gasteiger partial charge in [0.1, 0.15) is 11.3 Å². The Hall–Kier alpha value is -1.32. The maximum atomic E-state index is 12.7. The molecule has 0 aromatic carbocycles. The topological polar surface area (TPSA) is 46.3 Å². The van der Waals surface area contributed by atoms with Crippen LogP contribution in [0.1, 0.15) is 61.3 Å². The summed E-state index contributed by atoms with van der Waals surface area (Å²) in [5.74, 6) is 0.759. The number of hydrogen-bond acceptors (Lipinski definition) is 3. The molecule has 1 fully saturated rings. The van der Waals surface area contributed by atoms with Crippen LogP contribution < -0.4 is 0 Å². The maximum absolute atomic E-state index is 12.7. The number of aromatic nitrogens is 1. The second kappa shape index (κ2) is 5.55. The van der Waals surface area contributed by atoms with Gasteiger partial charge in [-0.05, 0) is 39.0 Å². The molecular formula is C14H22N2O2. The van der Waals surface area contributed by atoms with Gasteiger partial charge in [-0.25, -0.2) is 0 Å². The zero-order chi connectivity index (χ0) is 13.1. The molecule has 1 amide bonds. The summed E-state index contributed by atoms with van der Waals surface area (Å²) in [4.78, 5) is 14.7. The SMILES string of the molecule is CCc1noc(C)c1C(=O)N1CCCCC1CC. The molecule has 1 aromatic heterocycles. The van der Waals surface area contributed by atoms with Gasteiger partial charge in [0.15, 0.2) is 0 Å². The summed E-state index contributed by atoms with van der Waals surface area (Å²) in [5.41, 5.74) is 1.48. The van der Waals surface area contributed by atoms with Crippen LogP contribution in [-0.4, -0.2) is 28.6 Å². The standard InChI is InChI=1S/C14H22N2O2/c1-4-11-8-6-7-9-16(11)14(17)13-10(3)18-15-12(13)5-2/h11H,4-9H2,1-3H3. The normalized spacial score (nSPS) is 20.2. The molecule has 100 valence electrons. The van der Waals surface area contributed by atoms with Gasteiger partial charge in [0.05, 0.1) is 5.69 Å². The minimum atomic E-state index is 0.108. The lowest BCUT2D eigenvalue weighted by molar-refractivity contribution is 0.0605. The Morgan fingerprint density at radius 2 is 2.22 bits per heavy atom. The Morgan fingerprint density at radius 3 is 2.89 bits per heavy atom. The molecule has 18 heavy (non-hydrogen) atoms. The Labute approximate surface area is 108 Å². The van der Waals surface area contributed by atoms with E-state index in [2.05, 4.69) is 12.1 Å². The number of likely N-dealkylation sites (tertiary alicyclic amines) is 1. The zero-order valence-electron chi connectivity index (χ0n) is 11.5. The third kappa shape index (κ3) is 2.28. The lowest BCUT2D eigenvalue weighted by atomic mass is 9.98. The fraction of sp³-hybridized carbons (Fsp3) is 0.714. The fourth-order valence-electron chi connectivity index (χ4n) is 2.77. The molecule has 2 rings (SSSR count). The summed E-state index contributed by atoms with van der Waals surface area (Å²) in [5, 5.41) is 3.98. The van der Waals surface area contributed by atoms with Crippen LogP contribution in [0.25, 0.3) is 0 Å². The van der Waals surface area contributed by atoms with Gasteiger partial charge in [0.2, 0.25) is 0 Å². The number of carbonyl (C=O) groups excluding carboxylic acids is 1. The Kier molecular flexibility index (Phi) is 4.04. The predicted octanol–water partition coefficient (Wildman–Crippen LogP) is 2.95. The van der Waals surface area contributed by atoms with Crippen molar-refractivity contribution in [1.82, 2.24) is 10.1 Å². The smallest absolute Gasteiger partial charge is 0.259 e. The maximum Gasteiger partial charge on any atom is 0.259 e. The van der Waals surface area contributed by atoms with Gasteiger partial charge in [-0.3, -0.25) is 4.79 Å². The van der Waals surface area contributed by atoms with Crippen molar-refractivity contribution in [1.29, 1.82) is 0 Å². The summed E-state index contributed by atoms with van der Waals surface area (Å²) in [6.07, 6.45) is 5.22. The van der Waals surface area contributed by atoms with Crippen LogP contribution in [0.2, 0.25) is 0 Å². The zero-order valence-corrected chi connectivity index (χ0v) is 11.5. The molecule has 0 spiro atoms.